The number of hydrogen-bond acceptors (Lipinski definition) is 5. The van der Waals surface area contributed by atoms with Crippen LogP contribution in [0.25, 0.3) is 11.3 Å². The summed E-state index contributed by atoms with van der Waals surface area (Å²) in [6, 6.07) is 9.40. The number of hydrogen-bond donors (Lipinski definition) is 2. The Balaban J connectivity index is 1.90. The second-order valence-corrected chi connectivity index (χ2v) is 6.56. The molecule has 1 aliphatic heterocycles. The maximum atomic E-state index is 12.8. The third kappa shape index (κ3) is 3.19. The lowest BCUT2D eigenvalue weighted by molar-refractivity contribution is -0.143. The molecular weight excluding hydrogens is 314 g/mol. The number of nitrogens with zero attached hydrogens (tertiary/aromatic N) is 2. The summed E-state index contributed by atoms with van der Waals surface area (Å²) in [7, 11) is 0. The molecule has 6 nitrogen and oxygen atoms in total. The number of piperidine rings is 1. The minimum atomic E-state index is -0.852. The molecule has 0 aliphatic carbocycles. The van der Waals surface area contributed by atoms with Crippen LogP contribution in [0.1, 0.15) is 22.5 Å². The van der Waals surface area contributed by atoms with E-state index in [9.17, 15) is 14.7 Å². The molecule has 1 aromatic carbocycles. The number of aromatic nitrogens is 1. The van der Waals surface area contributed by atoms with E-state index in [0.29, 0.717) is 35.1 Å². The van der Waals surface area contributed by atoms with Crippen molar-refractivity contribution in [2.75, 3.05) is 18.8 Å². The number of carbonyl (C=O) groups excluding carboxylic acids is 1. The highest BCUT2D eigenvalue weighted by atomic mass is 32.1. The fourth-order valence-corrected chi connectivity index (χ4v) is 3.60. The molecule has 23 heavy (non-hydrogen) atoms. The molecule has 1 atom stereocenters. The zero-order valence-electron chi connectivity index (χ0n) is 12.4. The summed E-state index contributed by atoms with van der Waals surface area (Å²) in [5, 5.41) is 9.51. The van der Waals surface area contributed by atoms with Gasteiger partial charge in [-0.25, -0.2) is 4.98 Å². The molecule has 1 aliphatic rings. The zero-order chi connectivity index (χ0) is 16.4. The van der Waals surface area contributed by atoms with Crippen LogP contribution in [0.15, 0.2) is 30.3 Å². The summed E-state index contributed by atoms with van der Waals surface area (Å²) in [6.07, 6.45) is 1.30. The van der Waals surface area contributed by atoms with E-state index in [2.05, 4.69) is 4.98 Å². The highest BCUT2D eigenvalue weighted by Gasteiger charge is 2.31. The predicted octanol–water partition coefficient (Wildman–Crippen LogP) is 2.33. The Bertz CT molecular complexity index is 729. The van der Waals surface area contributed by atoms with Crippen LogP contribution in [0.4, 0.5) is 5.13 Å². The number of nitrogens with two attached hydrogens (primary N) is 1. The molecule has 0 radical (unpaired) electrons. The molecule has 1 aromatic heterocycles. The number of anilines is 1. The number of nitrogen functional groups attached to an aromatic ring is 1. The van der Waals surface area contributed by atoms with Crippen molar-refractivity contribution < 1.29 is 14.7 Å². The normalized spacial score (nSPS) is 17.9. The Labute approximate surface area is 137 Å². The van der Waals surface area contributed by atoms with E-state index >= 15 is 0 Å². The number of aliphatic carboxylic acids is 1. The molecule has 1 saturated heterocycles. The van der Waals surface area contributed by atoms with E-state index in [0.717, 1.165) is 16.9 Å². The van der Waals surface area contributed by atoms with E-state index in [-0.39, 0.29) is 12.5 Å². The second-order valence-electron chi connectivity index (χ2n) is 5.52. The number of rotatable bonds is 3. The van der Waals surface area contributed by atoms with Crippen molar-refractivity contribution in [1.29, 1.82) is 0 Å². The maximum Gasteiger partial charge on any atom is 0.308 e. The summed E-state index contributed by atoms with van der Waals surface area (Å²) < 4.78 is 0. The van der Waals surface area contributed by atoms with Gasteiger partial charge in [-0.05, 0) is 12.8 Å². The van der Waals surface area contributed by atoms with Crippen molar-refractivity contribution in [2.45, 2.75) is 12.8 Å². The number of amides is 1. The van der Waals surface area contributed by atoms with Crippen LogP contribution in [-0.2, 0) is 4.79 Å². The molecule has 1 fully saturated rings. The Morgan fingerprint density at radius 2 is 2.04 bits per heavy atom. The topological polar surface area (TPSA) is 96.5 Å². The molecule has 2 aromatic rings. The van der Waals surface area contributed by atoms with Crippen LogP contribution < -0.4 is 5.73 Å². The summed E-state index contributed by atoms with van der Waals surface area (Å²) in [4.78, 5) is 30.4. The number of carbonyl (C=O) groups is 2. The molecule has 120 valence electrons. The smallest absolute Gasteiger partial charge is 0.308 e. The Morgan fingerprint density at radius 3 is 2.74 bits per heavy atom. The van der Waals surface area contributed by atoms with Crippen LogP contribution in [0.3, 0.4) is 0 Å². The maximum absolute atomic E-state index is 12.8. The van der Waals surface area contributed by atoms with E-state index in [4.69, 9.17) is 5.73 Å². The molecule has 1 unspecified atom stereocenters. The molecule has 3 N–H and O–H groups in total. The Morgan fingerprint density at radius 1 is 1.30 bits per heavy atom. The summed E-state index contributed by atoms with van der Waals surface area (Å²) in [5.41, 5.74) is 7.20. The Hall–Kier alpha value is -2.41. The van der Waals surface area contributed by atoms with Crippen molar-refractivity contribution in [2.24, 2.45) is 5.92 Å². The van der Waals surface area contributed by atoms with Gasteiger partial charge in [-0.2, -0.15) is 0 Å². The van der Waals surface area contributed by atoms with E-state index in [1.165, 1.54) is 0 Å². The van der Waals surface area contributed by atoms with Gasteiger partial charge in [0.25, 0.3) is 5.91 Å². The van der Waals surface area contributed by atoms with E-state index in [1.807, 2.05) is 30.3 Å². The molecule has 3 rings (SSSR count). The van der Waals surface area contributed by atoms with Gasteiger partial charge in [0.2, 0.25) is 0 Å². The summed E-state index contributed by atoms with van der Waals surface area (Å²) in [5.74, 6) is -1.54. The lowest BCUT2D eigenvalue weighted by atomic mass is 9.98. The first-order chi connectivity index (χ1) is 11.1. The average Bonchev–Trinajstić information content (AvgIpc) is 2.97. The third-order valence-corrected chi connectivity index (χ3v) is 4.82. The second kappa shape index (κ2) is 6.37. The van der Waals surface area contributed by atoms with Crippen LogP contribution >= 0.6 is 11.3 Å². The third-order valence-electron chi connectivity index (χ3n) is 3.94. The van der Waals surface area contributed by atoms with Gasteiger partial charge in [0.05, 0.1) is 11.6 Å². The van der Waals surface area contributed by atoms with E-state index in [1.54, 1.807) is 4.90 Å². The zero-order valence-corrected chi connectivity index (χ0v) is 13.3. The monoisotopic (exact) mass is 331 g/mol. The molecular formula is C16H17N3O3S. The van der Waals surface area contributed by atoms with Gasteiger partial charge in [-0.15, -0.1) is 0 Å². The van der Waals surface area contributed by atoms with Crippen LogP contribution in [0.5, 0.6) is 0 Å². The highest BCUT2D eigenvalue weighted by Crippen LogP contribution is 2.31. The lowest BCUT2D eigenvalue weighted by Gasteiger charge is -2.30. The van der Waals surface area contributed by atoms with Gasteiger partial charge in [-0.3, -0.25) is 9.59 Å². The first kappa shape index (κ1) is 15.5. The fourth-order valence-electron chi connectivity index (χ4n) is 2.78. The van der Waals surface area contributed by atoms with Crippen molar-refractivity contribution in [1.82, 2.24) is 9.88 Å². The number of likely N-dealkylation sites (tertiary alicyclic amines) is 1. The number of benzene rings is 1. The minimum absolute atomic E-state index is 0.191. The number of carboxylic acids is 1. The van der Waals surface area contributed by atoms with Crippen molar-refractivity contribution in [3.05, 3.63) is 35.2 Å². The van der Waals surface area contributed by atoms with Crippen molar-refractivity contribution >= 4 is 28.3 Å². The molecule has 0 spiro atoms. The fraction of sp³-hybridized carbons (Fsp3) is 0.312. The van der Waals surface area contributed by atoms with Crippen molar-refractivity contribution in [3.8, 4) is 11.3 Å². The molecule has 7 heteroatoms. The van der Waals surface area contributed by atoms with Gasteiger partial charge in [0.1, 0.15) is 4.88 Å². The Kier molecular flexibility index (Phi) is 4.29. The average molecular weight is 331 g/mol. The lowest BCUT2D eigenvalue weighted by Crippen LogP contribution is -2.42. The molecule has 0 saturated carbocycles. The summed E-state index contributed by atoms with van der Waals surface area (Å²) >= 11 is 1.15. The van der Waals surface area contributed by atoms with Crippen LogP contribution in [0.2, 0.25) is 0 Å². The quantitative estimate of drug-likeness (QED) is 0.900. The number of thiazole rings is 1. The highest BCUT2D eigenvalue weighted by molar-refractivity contribution is 7.17. The van der Waals surface area contributed by atoms with Crippen LogP contribution in [0, 0.1) is 5.92 Å². The molecule has 2 heterocycles. The molecule has 1 amide bonds. The van der Waals surface area contributed by atoms with Gasteiger partial charge in [0, 0.05) is 18.7 Å². The van der Waals surface area contributed by atoms with Crippen LogP contribution in [-0.4, -0.2) is 40.0 Å². The van der Waals surface area contributed by atoms with Gasteiger partial charge in [-0.1, -0.05) is 41.7 Å². The first-order valence-corrected chi connectivity index (χ1v) is 8.21. The van der Waals surface area contributed by atoms with Gasteiger partial charge >= 0.3 is 5.97 Å². The van der Waals surface area contributed by atoms with E-state index < -0.39 is 11.9 Å². The van der Waals surface area contributed by atoms with Gasteiger partial charge in [0.15, 0.2) is 5.13 Å². The number of carboxylic acid groups (broad SMARTS) is 1. The van der Waals surface area contributed by atoms with Gasteiger partial charge < -0.3 is 15.7 Å². The largest absolute Gasteiger partial charge is 0.481 e. The predicted molar refractivity (Wildman–Crippen MR) is 88.2 cm³/mol. The standard InChI is InChI=1S/C16H17N3O3S/c17-16-18-12(10-5-2-1-3-6-10)13(23-16)14(20)19-8-4-7-11(9-19)15(21)22/h1-3,5-6,11H,4,7-9H2,(H2,17,18)(H,21,22). The minimum Gasteiger partial charge on any atom is -0.481 e. The van der Waals surface area contributed by atoms with Crippen molar-refractivity contribution in [3.63, 3.8) is 0 Å². The summed E-state index contributed by atoms with van der Waals surface area (Å²) in [6.45, 7) is 0.800. The first-order valence-electron chi connectivity index (χ1n) is 7.40. The molecule has 0 bridgehead atoms. The SMILES string of the molecule is Nc1nc(-c2ccccc2)c(C(=O)N2CCCC(C(=O)O)C2)s1.